The van der Waals surface area contributed by atoms with E-state index in [1.54, 1.807) is 12.1 Å². The maximum Gasteiger partial charge on any atom is 0.193 e. The van der Waals surface area contributed by atoms with Crippen molar-refractivity contribution in [2.45, 2.75) is 32.6 Å². The van der Waals surface area contributed by atoms with E-state index >= 15 is 0 Å². The topological polar surface area (TPSA) is 36.9 Å². The largest absolute Gasteiger partial charge is 0.494 e. The zero-order valence-electron chi connectivity index (χ0n) is 13.8. The number of likely N-dealkylation sites (tertiary alicyclic amines) is 1. The molecule has 0 aromatic heterocycles. The third-order valence-electron chi connectivity index (χ3n) is 3.64. The van der Waals surface area contributed by atoms with Crippen LogP contribution in [0.25, 0.3) is 0 Å². The van der Waals surface area contributed by atoms with Gasteiger partial charge in [0.25, 0.3) is 0 Å². The van der Waals surface area contributed by atoms with Crippen molar-refractivity contribution in [3.8, 4) is 5.75 Å². The van der Waals surface area contributed by atoms with Gasteiger partial charge in [-0.05, 0) is 56.9 Å². The molecule has 130 valence electrons. The molecule has 0 saturated carbocycles. The second-order valence-corrected chi connectivity index (χ2v) is 5.44. The van der Waals surface area contributed by atoms with E-state index in [-0.39, 0.29) is 29.8 Å². The van der Waals surface area contributed by atoms with Crippen LogP contribution in [0.3, 0.4) is 0 Å². The molecule has 6 heteroatoms. The summed E-state index contributed by atoms with van der Waals surface area (Å²) in [7, 11) is 0. The maximum absolute atomic E-state index is 12.8. The van der Waals surface area contributed by atoms with Crippen molar-refractivity contribution in [3.05, 3.63) is 30.1 Å². The first kappa shape index (κ1) is 20.0. The summed E-state index contributed by atoms with van der Waals surface area (Å²) < 4.78 is 18.3. The fourth-order valence-electron chi connectivity index (χ4n) is 2.47. The van der Waals surface area contributed by atoms with Gasteiger partial charge in [0, 0.05) is 26.2 Å². The number of benzene rings is 1. The first-order chi connectivity index (χ1) is 10.8. The van der Waals surface area contributed by atoms with Gasteiger partial charge in [-0.3, -0.25) is 4.99 Å². The molecule has 0 aliphatic carbocycles. The van der Waals surface area contributed by atoms with Gasteiger partial charge < -0.3 is 15.0 Å². The molecule has 1 aromatic carbocycles. The number of rotatable bonds is 7. The van der Waals surface area contributed by atoms with Crippen LogP contribution in [-0.2, 0) is 0 Å². The number of ether oxygens (including phenoxy) is 1. The quantitative estimate of drug-likeness (QED) is 0.308. The van der Waals surface area contributed by atoms with Gasteiger partial charge in [0.05, 0.1) is 6.61 Å². The Morgan fingerprint density at radius 1 is 1.22 bits per heavy atom. The monoisotopic (exact) mass is 435 g/mol. The molecule has 0 bridgehead atoms. The first-order valence-corrected chi connectivity index (χ1v) is 8.21. The van der Waals surface area contributed by atoms with Crippen molar-refractivity contribution in [2.75, 3.05) is 32.8 Å². The van der Waals surface area contributed by atoms with Crippen LogP contribution in [0.2, 0.25) is 0 Å². The van der Waals surface area contributed by atoms with Crippen LogP contribution in [0.15, 0.2) is 29.3 Å². The molecule has 23 heavy (non-hydrogen) atoms. The van der Waals surface area contributed by atoms with E-state index in [1.165, 1.54) is 25.0 Å². The number of hydrogen-bond acceptors (Lipinski definition) is 2. The second kappa shape index (κ2) is 11.5. The van der Waals surface area contributed by atoms with E-state index in [4.69, 9.17) is 4.74 Å². The lowest BCUT2D eigenvalue weighted by molar-refractivity contribution is 0.307. The van der Waals surface area contributed by atoms with Gasteiger partial charge in [-0.25, -0.2) is 4.39 Å². The van der Waals surface area contributed by atoms with Gasteiger partial charge in [-0.1, -0.05) is 0 Å². The summed E-state index contributed by atoms with van der Waals surface area (Å²) in [6, 6.07) is 6.14. The lowest BCUT2D eigenvalue weighted by atomic mass is 10.3. The summed E-state index contributed by atoms with van der Waals surface area (Å²) in [4.78, 5) is 7.01. The molecule has 1 fully saturated rings. The molecular formula is C17H27FIN3O. The van der Waals surface area contributed by atoms with Crippen LogP contribution in [0.5, 0.6) is 5.75 Å². The Balaban J connectivity index is 0.00000264. The smallest absolute Gasteiger partial charge is 0.193 e. The third kappa shape index (κ3) is 7.37. The highest BCUT2D eigenvalue weighted by atomic mass is 127. The Morgan fingerprint density at radius 3 is 2.57 bits per heavy atom. The van der Waals surface area contributed by atoms with Crippen molar-refractivity contribution in [2.24, 2.45) is 4.99 Å². The Labute approximate surface area is 155 Å². The predicted octanol–water partition coefficient (Wildman–Crippen LogP) is 3.66. The number of nitrogens with zero attached hydrogens (tertiary/aromatic N) is 2. The number of guanidine groups is 1. The van der Waals surface area contributed by atoms with E-state index in [9.17, 15) is 4.39 Å². The van der Waals surface area contributed by atoms with Crippen molar-refractivity contribution >= 4 is 29.9 Å². The van der Waals surface area contributed by atoms with Gasteiger partial charge in [-0.2, -0.15) is 0 Å². The van der Waals surface area contributed by atoms with Crippen LogP contribution in [0, 0.1) is 5.82 Å². The van der Waals surface area contributed by atoms with Crippen molar-refractivity contribution in [1.82, 2.24) is 10.2 Å². The van der Waals surface area contributed by atoms with Crippen LogP contribution < -0.4 is 10.1 Å². The van der Waals surface area contributed by atoms with E-state index in [0.717, 1.165) is 50.7 Å². The molecular weight excluding hydrogens is 408 g/mol. The molecule has 4 nitrogen and oxygen atoms in total. The van der Waals surface area contributed by atoms with E-state index < -0.39 is 0 Å². The van der Waals surface area contributed by atoms with Gasteiger partial charge >= 0.3 is 0 Å². The summed E-state index contributed by atoms with van der Waals surface area (Å²) in [6.45, 7) is 6.68. The summed E-state index contributed by atoms with van der Waals surface area (Å²) in [5.41, 5.74) is 0. The molecule has 1 N–H and O–H groups in total. The highest BCUT2D eigenvalue weighted by Gasteiger charge is 2.14. The Kier molecular flexibility index (Phi) is 9.98. The minimum atomic E-state index is -0.237. The number of hydrogen-bond donors (Lipinski definition) is 1. The summed E-state index contributed by atoms with van der Waals surface area (Å²) in [5.74, 6) is 1.52. The Morgan fingerprint density at radius 2 is 1.91 bits per heavy atom. The minimum Gasteiger partial charge on any atom is -0.494 e. The zero-order chi connectivity index (χ0) is 15.6. The van der Waals surface area contributed by atoms with Gasteiger partial charge in [0.15, 0.2) is 5.96 Å². The van der Waals surface area contributed by atoms with Crippen LogP contribution in [0.4, 0.5) is 4.39 Å². The minimum absolute atomic E-state index is 0. The molecule has 1 aliphatic heterocycles. The normalized spacial score (nSPS) is 14.5. The van der Waals surface area contributed by atoms with E-state index in [1.807, 2.05) is 0 Å². The van der Waals surface area contributed by atoms with E-state index in [2.05, 4.69) is 22.1 Å². The predicted molar refractivity (Wildman–Crippen MR) is 103 cm³/mol. The molecule has 1 saturated heterocycles. The Bertz CT molecular complexity index is 461. The molecule has 2 rings (SSSR count). The van der Waals surface area contributed by atoms with Crippen LogP contribution >= 0.6 is 24.0 Å². The number of nitrogens with one attached hydrogen (secondary N) is 1. The summed E-state index contributed by atoms with van der Waals surface area (Å²) in [5, 5.41) is 3.36. The Hall–Kier alpha value is -1.05. The standard InChI is InChI=1S/C17H26FN3O.HI/c1-2-19-17(21-12-4-5-13-21)20-11-3-6-14-22-16-9-7-15(18)8-10-16;/h7-10H,2-6,11-14H2,1H3,(H,19,20);1H. The maximum atomic E-state index is 12.8. The first-order valence-electron chi connectivity index (χ1n) is 8.21. The molecule has 0 amide bonds. The van der Waals surface area contributed by atoms with Crippen LogP contribution in [-0.4, -0.2) is 43.6 Å². The van der Waals surface area contributed by atoms with Gasteiger partial charge in [-0.15, -0.1) is 24.0 Å². The molecule has 0 radical (unpaired) electrons. The second-order valence-electron chi connectivity index (χ2n) is 5.44. The van der Waals surface area contributed by atoms with Gasteiger partial charge in [0.1, 0.15) is 11.6 Å². The lowest BCUT2D eigenvalue weighted by Crippen LogP contribution is -2.39. The fraction of sp³-hybridized carbons (Fsp3) is 0.588. The fourth-order valence-corrected chi connectivity index (χ4v) is 2.47. The highest BCUT2D eigenvalue weighted by Crippen LogP contribution is 2.11. The molecule has 1 heterocycles. The average molecular weight is 435 g/mol. The molecule has 0 unspecified atom stereocenters. The molecule has 1 aromatic rings. The molecule has 1 aliphatic rings. The molecule has 0 atom stereocenters. The highest BCUT2D eigenvalue weighted by molar-refractivity contribution is 14.0. The number of unbranched alkanes of at least 4 members (excludes halogenated alkanes) is 1. The number of halogens is 2. The van der Waals surface area contributed by atoms with E-state index in [0.29, 0.717) is 6.61 Å². The molecule has 0 spiro atoms. The summed E-state index contributed by atoms with van der Waals surface area (Å²) >= 11 is 0. The van der Waals surface area contributed by atoms with Crippen LogP contribution in [0.1, 0.15) is 32.6 Å². The SMILES string of the molecule is CCNC(=NCCCCOc1ccc(F)cc1)N1CCCC1.I. The third-order valence-corrected chi connectivity index (χ3v) is 3.64. The summed E-state index contributed by atoms with van der Waals surface area (Å²) in [6.07, 6.45) is 4.45. The zero-order valence-corrected chi connectivity index (χ0v) is 16.1. The van der Waals surface area contributed by atoms with Crippen molar-refractivity contribution in [1.29, 1.82) is 0 Å². The average Bonchev–Trinajstić information content (AvgIpc) is 3.05. The van der Waals surface area contributed by atoms with Gasteiger partial charge in [0.2, 0.25) is 0 Å². The van der Waals surface area contributed by atoms with Crippen molar-refractivity contribution < 1.29 is 9.13 Å². The number of aliphatic imine (C=N–C) groups is 1. The van der Waals surface area contributed by atoms with Crippen molar-refractivity contribution in [3.63, 3.8) is 0 Å². The lowest BCUT2D eigenvalue weighted by Gasteiger charge is -2.20.